The molecule has 2 nitrogen and oxygen atoms in total. The molecule has 1 aromatic heterocycles. The van der Waals surface area contributed by atoms with E-state index in [1.165, 1.54) is 0 Å². The Hall–Kier alpha value is -0.900. The zero-order valence-corrected chi connectivity index (χ0v) is 10.5. The summed E-state index contributed by atoms with van der Waals surface area (Å²) in [6, 6.07) is 3.57. The van der Waals surface area contributed by atoms with Crippen molar-refractivity contribution in [3.63, 3.8) is 0 Å². The van der Waals surface area contributed by atoms with E-state index in [9.17, 15) is 4.39 Å². The average Bonchev–Trinajstić information content (AvgIpc) is 2.41. The van der Waals surface area contributed by atoms with Crippen LogP contribution >= 0.6 is 15.9 Å². The van der Waals surface area contributed by atoms with Crippen LogP contribution < -0.4 is 0 Å². The second-order valence-electron chi connectivity index (χ2n) is 3.93. The molecule has 0 saturated heterocycles. The highest BCUT2D eigenvalue weighted by Crippen LogP contribution is 2.26. The van der Waals surface area contributed by atoms with Crippen LogP contribution in [0, 0.1) is 12.7 Å². The SMILES string of the molecule is Cc1cc2nc(Br)n(C(C)C)c2cc1F. The number of aromatic nitrogens is 2. The summed E-state index contributed by atoms with van der Waals surface area (Å²) in [7, 11) is 0. The Kier molecular flexibility index (Phi) is 2.54. The van der Waals surface area contributed by atoms with Crippen molar-refractivity contribution in [3.8, 4) is 0 Å². The summed E-state index contributed by atoms with van der Waals surface area (Å²) in [5.41, 5.74) is 2.29. The Labute approximate surface area is 96.2 Å². The lowest BCUT2D eigenvalue weighted by Gasteiger charge is -2.09. The van der Waals surface area contributed by atoms with Crippen LogP contribution in [0.3, 0.4) is 0 Å². The van der Waals surface area contributed by atoms with Gasteiger partial charge in [-0.25, -0.2) is 9.37 Å². The first kappa shape index (κ1) is 10.6. The molecular weight excluding hydrogens is 259 g/mol. The van der Waals surface area contributed by atoms with Crippen molar-refractivity contribution in [2.45, 2.75) is 26.8 Å². The third kappa shape index (κ3) is 1.67. The molecule has 0 bridgehead atoms. The molecule has 0 N–H and O–H groups in total. The number of hydrogen-bond acceptors (Lipinski definition) is 1. The predicted molar refractivity (Wildman–Crippen MR) is 62.5 cm³/mol. The zero-order chi connectivity index (χ0) is 11.2. The van der Waals surface area contributed by atoms with Crippen molar-refractivity contribution in [1.82, 2.24) is 9.55 Å². The smallest absolute Gasteiger partial charge is 0.178 e. The van der Waals surface area contributed by atoms with Crippen LogP contribution in [-0.4, -0.2) is 9.55 Å². The quantitative estimate of drug-likeness (QED) is 0.770. The highest BCUT2D eigenvalue weighted by atomic mass is 79.9. The number of fused-ring (bicyclic) bond motifs is 1. The molecule has 15 heavy (non-hydrogen) atoms. The van der Waals surface area contributed by atoms with Gasteiger partial charge in [-0.15, -0.1) is 0 Å². The topological polar surface area (TPSA) is 17.8 Å². The number of benzene rings is 1. The van der Waals surface area contributed by atoms with Crippen molar-refractivity contribution < 1.29 is 4.39 Å². The lowest BCUT2D eigenvalue weighted by atomic mass is 10.2. The first-order chi connectivity index (χ1) is 7.00. The van der Waals surface area contributed by atoms with Gasteiger partial charge in [0.25, 0.3) is 0 Å². The van der Waals surface area contributed by atoms with Crippen LogP contribution in [0.2, 0.25) is 0 Å². The monoisotopic (exact) mass is 270 g/mol. The summed E-state index contributed by atoms with van der Waals surface area (Å²) in [4.78, 5) is 4.35. The van der Waals surface area contributed by atoms with Crippen LogP contribution in [-0.2, 0) is 0 Å². The van der Waals surface area contributed by atoms with Crippen molar-refractivity contribution in [2.75, 3.05) is 0 Å². The Bertz CT molecular complexity index is 517. The van der Waals surface area contributed by atoms with Gasteiger partial charge in [0.2, 0.25) is 0 Å². The first-order valence-electron chi connectivity index (χ1n) is 4.84. The maximum atomic E-state index is 13.4. The molecule has 0 aliphatic carbocycles. The minimum absolute atomic E-state index is 0.184. The molecule has 80 valence electrons. The molecule has 0 aliphatic heterocycles. The normalized spacial score (nSPS) is 11.6. The number of imidazole rings is 1. The van der Waals surface area contributed by atoms with Gasteiger partial charge in [0, 0.05) is 12.1 Å². The first-order valence-corrected chi connectivity index (χ1v) is 5.63. The summed E-state index contributed by atoms with van der Waals surface area (Å²) in [6.45, 7) is 5.84. The van der Waals surface area contributed by atoms with Gasteiger partial charge < -0.3 is 4.57 Å². The summed E-state index contributed by atoms with van der Waals surface area (Å²) in [6.07, 6.45) is 0. The van der Waals surface area contributed by atoms with Gasteiger partial charge in [-0.2, -0.15) is 0 Å². The molecule has 0 spiro atoms. The van der Waals surface area contributed by atoms with Gasteiger partial charge in [-0.05, 0) is 48.3 Å². The Morgan fingerprint density at radius 1 is 1.40 bits per heavy atom. The molecule has 0 amide bonds. The van der Waals surface area contributed by atoms with Crippen molar-refractivity contribution in [3.05, 3.63) is 28.2 Å². The molecule has 0 saturated carbocycles. The van der Waals surface area contributed by atoms with Crippen LogP contribution in [0.4, 0.5) is 4.39 Å². The highest BCUT2D eigenvalue weighted by Gasteiger charge is 2.12. The molecule has 0 unspecified atom stereocenters. The van der Waals surface area contributed by atoms with Crippen LogP contribution in [0.15, 0.2) is 16.9 Å². The fourth-order valence-corrected chi connectivity index (χ4v) is 2.47. The molecule has 4 heteroatoms. The molecule has 2 aromatic rings. The van der Waals surface area contributed by atoms with Gasteiger partial charge in [-0.1, -0.05) is 0 Å². The molecule has 1 heterocycles. The highest BCUT2D eigenvalue weighted by molar-refractivity contribution is 9.10. The van der Waals surface area contributed by atoms with Crippen LogP contribution in [0.5, 0.6) is 0 Å². The van der Waals surface area contributed by atoms with Gasteiger partial charge >= 0.3 is 0 Å². The molecular formula is C11H12BrFN2. The van der Waals surface area contributed by atoms with E-state index in [0.29, 0.717) is 5.56 Å². The maximum absolute atomic E-state index is 13.4. The van der Waals surface area contributed by atoms with Crippen LogP contribution in [0.25, 0.3) is 11.0 Å². The number of halogens is 2. The van der Waals surface area contributed by atoms with E-state index in [0.717, 1.165) is 15.8 Å². The van der Waals surface area contributed by atoms with Gasteiger partial charge in [0.1, 0.15) is 5.82 Å². The molecule has 0 atom stereocenters. The van der Waals surface area contributed by atoms with Crippen molar-refractivity contribution in [2.24, 2.45) is 0 Å². The lowest BCUT2D eigenvalue weighted by Crippen LogP contribution is -2.00. The molecule has 2 rings (SSSR count). The largest absolute Gasteiger partial charge is 0.316 e. The summed E-state index contributed by atoms with van der Waals surface area (Å²) in [5, 5.41) is 0. The third-order valence-corrected chi connectivity index (χ3v) is 3.00. The molecule has 1 aromatic carbocycles. The van der Waals surface area contributed by atoms with Gasteiger partial charge in [-0.3, -0.25) is 0 Å². The summed E-state index contributed by atoms with van der Waals surface area (Å²) < 4.78 is 16.2. The van der Waals surface area contributed by atoms with E-state index in [-0.39, 0.29) is 11.9 Å². The minimum atomic E-state index is -0.184. The minimum Gasteiger partial charge on any atom is -0.316 e. The Morgan fingerprint density at radius 2 is 2.07 bits per heavy atom. The van der Waals surface area contributed by atoms with E-state index >= 15 is 0 Å². The van der Waals surface area contributed by atoms with Gasteiger partial charge in [0.15, 0.2) is 4.73 Å². The second-order valence-corrected chi connectivity index (χ2v) is 4.64. The van der Waals surface area contributed by atoms with E-state index in [2.05, 4.69) is 20.9 Å². The van der Waals surface area contributed by atoms with Crippen molar-refractivity contribution >= 4 is 27.0 Å². The summed E-state index contributed by atoms with van der Waals surface area (Å²) >= 11 is 3.39. The Morgan fingerprint density at radius 3 is 2.67 bits per heavy atom. The van der Waals surface area contributed by atoms with E-state index in [1.54, 1.807) is 19.1 Å². The number of hydrogen-bond donors (Lipinski definition) is 0. The fraction of sp³-hybridized carbons (Fsp3) is 0.364. The number of nitrogens with zero attached hydrogens (tertiary/aromatic N) is 2. The third-order valence-electron chi connectivity index (χ3n) is 2.44. The fourth-order valence-electron chi connectivity index (χ4n) is 1.68. The maximum Gasteiger partial charge on any atom is 0.178 e. The Balaban J connectivity index is 2.81. The molecule has 0 aliphatic rings. The van der Waals surface area contributed by atoms with E-state index in [4.69, 9.17) is 0 Å². The van der Waals surface area contributed by atoms with Crippen molar-refractivity contribution in [1.29, 1.82) is 0 Å². The summed E-state index contributed by atoms with van der Waals surface area (Å²) in [5.74, 6) is -0.184. The van der Waals surface area contributed by atoms with Crippen LogP contribution in [0.1, 0.15) is 25.5 Å². The second kappa shape index (κ2) is 3.59. The van der Waals surface area contributed by atoms with Gasteiger partial charge in [0.05, 0.1) is 11.0 Å². The zero-order valence-electron chi connectivity index (χ0n) is 8.88. The average molecular weight is 271 g/mol. The molecule has 0 fully saturated rings. The predicted octanol–water partition coefficient (Wildman–Crippen LogP) is 3.83. The lowest BCUT2D eigenvalue weighted by molar-refractivity contribution is 0.597. The molecule has 0 radical (unpaired) electrons. The number of aryl methyl sites for hydroxylation is 1. The number of rotatable bonds is 1. The van der Waals surface area contributed by atoms with E-state index < -0.39 is 0 Å². The van der Waals surface area contributed by atoms with E-state index in [1.807, 2.05) is 18.4 Å². The standard InChI is InChI=1S/C11H12BrFN2/c1-6(2)15-10-5-8(13)7(3)4-9(10)14-11(15)12/h4-6H,1-3H3.